The lowest BCUT2D eigenvalue weighted by molar-refractivity contribution is -0.142. The standard InChI is InChI=1S/C22H15F5N2O3S.C8H7F3N2/c1-33(31,32)17-2-3-18(12-4-15(23)7-16(24)5-12)19(8-17)21(30)29-10-13-6-20(22(25,26)27)28-9-14(13)11-29;9-8(10,11)7-1-5-2-12-3-6(5)4-13-7/h2-9H,10-11H2,1H3;1,4,12H,2-3H2. The minimum atomic E-state index is -4.65. The molecular weight excluding hydrogens is 648 g/mol. The minimum Gasteiger partial charge on any atom is -0.330 e. The Kier molecular flexibility index (Phi) is 8.63. The van der Waals surface area contributed by atoms with Crippen LogP contribution in [0.1, 0.15) is 44.0 Å². The number of hydrogen-bond acceptors (Lipinski definition) is 6. The fourth-order valence-corrected chi connectivity index (χ4v) is 5.63. The highest BCUT2D eigenvalue weighted by atomic mass is 32.2. The van der Waals surface area contributed by atoms with E-state index in [2.05, 4.69) is 15.3 Å². The number of alkyl halides is 6. The van der Waals surface area contributed by atoms with Gasteiger partial charge in [-0.15, -0.1) is 0 Å². The van der Waals surface area contributed by atoms with Crippen LogP contribution in [-0.2, 0) is 48.4 Å². The molecule has 0 bridgehead atoms. The molecule has 2 aliphatic heterocycles. The summed E-state index contributed by atoms with van der Waals surface area (Å²) in [5.74, 6) is -2.49. The first-order chi connectivity index (χ1) is 21.4. The van der Waals surface area contributed by atoms with Crippen molar-refractivity contribution in [1.29, 1.82) is 0 Å². The average Bonchev–Trinajstić information content (AvgIpc) is 3.61. The Morgan fingerprint density at radius 3 is 1.89 bits per heavy atom. The molecule has 0 saturated heterocycles. The largest absolute Gasteiger partial charge is 0.433 e. The molecule has 0 aliphatic carbocycles. The van der Waals surface area contributed by atoms with Crippen LogP contribution < -0.4 is 5.32 Å². The fourth-order valence-electron chi connectivity index (χ4n) is 4.98. The van der Waals surface area contributed by atoms with Crippen molar-refractivity contribution in [2.24, 2.45) is 0 Å². The smallest absolute Gasteiger partial charge is 0.330 e. The summed E-state index contributed by atoms with van der Waals surface area (Å²) in [6, 6.07) is 8.18. The number of hydrogen-bond donors (Lipinski definition) is 1. The van der Waals surface area contributed by atoms with Gasteiger partial charge in [-0.3, -0.25) is 14.8 Å². The van der Waals surface area contributed by atoms with Crippen molar-refractivity contribution in [1.82, 2.24) is 20.2 Å². The molecule has 0 spiro atoms. The van der Waals surface area contributed by atoms with E-state index in [-0.39, 0.29) is 40.2 Å². The number of sulfone groups is 1. The summed E-state index contributed by atoms with van der Waals surface area (Å²) < 4.78 is 127. The molecule has 0 fully saturated rings. The number of nitrogens with one attached hydrogen (secondary N) is 1. The summed E-state index contributed by atoms with van der Waals surface area (Å²) >= 11 is 0. The minimum absolute atomic E-state index is 0.00800. The zero-order valence-corrected chi connectivity index (χ0v) is 24.4. The predicted octanol–water partition coefficient (Wildman–Crippen LogP) is 6.31. The van der Waals surface area contributed by atoms with Crippen LogP contribution in [0, 0.1) is 11.6 Å². The highest BCUT2D eigenvalue weighted by Gasteiger charge is 2.36. The van der Waals surface area contributed by atoms with Crippen molar-refractivity contribution in [3.63, 3.8) is 0 Å². The molecule has 0 unspecified atom stereocenters. The Hall–Kier alpha value is -4.44. The maximum Gasteiger partial charge on any atom is 0.433 e. The van der Waals surface area contributed by atoms with Gasteiger partial charge < -0.3 is 10.2 Å². The normalized spacial score (nSPS) is 14.4. The Balaban J connectivity index is 0.000000266. The van der Waals surface area contributed by atoms with Crippen molar-refractivity contribution in [2.45, 2.75) is 43.4 Å². The zero-order valence-electron chi connectivity index (χ0n) is 23.6. The molecule has 7 nitrogen and oxygen atoms in total. The van der Waals surface area contributed by atoms with E-state index in [0.717, 1.165) is 48.3 Å². The molecule has 2 aromatic heterocycles. The van der Waals surface area contributed by atoms with Crippen LogP contribution in [0.2, 0.25) is 0 Å². The summed E-state index contributed by atoms with van der Waals surface area (Å²) in [6.45, 7) is 0.889. The maximum atomic E-state index is 13.8. The van der Waals surface area contributed by atoms with Crippen LogP contribution in [0.15, 0.2) is 65.8 Å². The van der Waals surface area contributed by atoms with Crippen molar-refractivity contribution >= 4 is 15.7 Å². The van der Waals surface area contributed by atoms with Crippen molar-refractivity contribution in [3.05, 3.63) is 112 Å². The van der Waals surface area contributed by atoms with E-state index in [9.17, 15) is 48.3 Å². The zero-order chi connectivity index (χ0) is 33.6. The lowest BCUT2D eigenvalue weighted by Gasteiger charge is -2.19. The number of amides is 1. The molecule has 0 radical (unpaired) electrons. The maximum absolute atomic E-state index is 13.8. The predicted molar refractivity (Wildman–Crippen MR) is 148 cm³/mol. The van der Waals surface area contributed by atoms with Gasteiger partial charge in [0.15, 0.2) is 9.84 Å². The van der Waals surface area contributed by atoms with Crippen molar-refractivity contribution < 1.29 is 48.3 Å². The van der Waals surface area contributed by atoms with Gasteiger partial charge in [-0.25, -0.2) is 17.2 Å². The molecule has 4 aromatic rings. The van der Waals surface area contributed by atoms with E-state index in [4.69, 9.17) is 0 Å². The van der Waals surface area contributed by atoms with Gasteiger partial charge in [0.05, 0.1) is 4.90 Å². The molecule has 1 N–H and O–H groups in total. The van der Waals surface area contributed by atoms with E-state index in [0.29, 0.717) is 30.3 Å². The molecule has 6 rings (SSSR count). The topological polar surface area (TPSA) is 92.3 Å². The number of benzene rings is 2. The number of halogens is 8. The molecule has 2 aromatic carbocycles. The summed E-state index contributed by atoms with van der Waals surface area (Å²) in [7, 11) is -3.73. The number of pyridine rings is 2. The van der Waals surface area contributed by atoms with E-state index in [1.54, 1.807) is 0 Å². The fraction of sp³-hybridized carbons (Fsp3) is 0.233. The third-order valence-corrected chi connectivity index (χ3v) is 8.32. The number of carbonyl (C=O) groups is 1. The Morgan fingerprint density at radius 1 is 0.761 bits per heavy atom. The SMILES string of the molecule is CS(=O)(=O)c1ccc(-c2cc(F)cc(F)c2)c(C(=O)N2Cc3cnc(C(F)(F)F)cc3C2)c1.FC(F)(F)c1cc2c(cn1)CNC2. The Morgan fingerprint density at radius 2 is 1.30 bits per heavy atom. The summed E-state index contributed by atoms with van der Waals surface area (Å²) in [5.41, 5.74) is 0.248. The number of carbonyl (C=O) groups excluding carboxylic acids is 1. The van der Waals surface area contributed by atoms with E-state index >= 15 is 0 Å². The monoisotopic (exact) mass is 670 g/mol. The molecule has 46 heavy (non-hydrogen) atoms. The highest BCUT2D eigenvalue weighted by Crippen LogP contribution is 2.34. The van der Waals surface area contributed by atoms with Gasteiger partial charge in [-0.2, -0.15) is 26.3 Å². The third kappa shape index (κ3) is 7.17. The first kappa shape index (κ1) is 32.9. The van der Waals surface area contributed by atoms with Crippen molar-refractivity contribution in [3.8, 4) is 11.1 Å². The summed E-state index contributed by atoms with van der Waals surface area (Å²) in [5, 5.41) is 2.96. The van der Waals surface area contributed by atoms with E-state index in [1.807, 2.05) is 0 Å². The molecule has 1 amide bonds. The molecule has 4 heterocycles. The van der Waals surface area contributed by atoms with Crippen LogP contribution in [-0.4, -0.2) is 35.4 Å². The van der Waals surface area contributed by atoms with Gasteiger partial charge in [0.1, 0.15) is 23.0 Å². The molecule has 2 aliphatic rings. The summed E-state index contributed by atoms with van der Waals surface area (Å²) in [4.78, 5) is 21.1. The Labute approximate surface area is 256 Å². The first-order valence-corrected chi connectivity index (χ1v) is 15.2. The molecule has 0 atom stereocenters. The van der Waals surface area contributed by atoms with Crippen LogP contribution >= 0.6 is 0 Å². The second-order valence-corrected chi connectivity index (χ2v) is 12.6. The molecule has 242 valence electrons. The van der Waals surface area contributed by atoms with Gasteiger partial charge in [-0.1, -0.05) is 6.07 Å². The number of aromatic nitrogens is 2. The number of nitrogens with zero attached hydrogens (tertiary/aromatic N) is 3. The van der Waals surface area contributed by atoms with Crippen molar-refractivity contribution in [2.75, 3.05) is 6.26 Å². The van der Waals surface area contributed by atoms with Gasteiger partial charge in [-0.05, 0) is 69.8 Å². The number of fused-ring (bicyclic) bond motifs is 2. The van der Waals surface area contributed by atoms with Gasteiger partial charge in [0, 0.05) is 56.5 Å². The van der Waals surface area contributed by atoms with Crippen LogP contribution in [0.25, 0.3) is 11.1 Å². The van der Waals surface area contributed by atoms with Gasteiger partial charge >= 0.3 is 12.4 Å². The van der Waals surface area contributed by atoms with Gasteiger partial charge in [0.25, 0.3) is 5.91 Å². The molecule has 0 saturated carbocycles. The van der Waals surface area contributed by atoms with Gasteiger partial charge in [0.2, 0.25) is 0 Å². The Bertz CT molecular complexity index is 1930. The van der Waals surface area contributed by atoms with E-state index in [1.165, 1.54) is 23.2 Å². The second kappa shape index (κ2) is 12.1. The third-order valence-electron chi connectivity index (χ3n) is 7.21. The van der Waals surface area contributed by atoms with Crippen LogP contribution in [0.5, 0.6) is 0 Å². The highest BCUT2D eigenvalue weighted by molar-refractivity contribution is 7.90. The van der Waals surface area contributed by atoms with Crippen LogP contribution in [0.3, 0.4) is 0 Å². The lowest BCUT2D eigenvalue weighted by Crippen LogP contribution is -2.26. The molecular formula is C30H22F8N4O3S. The molecule has 16 heteroatoms. The number of rotatable bonds is 3. The first-order valence-electron chi connectivity index (χ1n) is 13.3. The van der Waals surface area contributed by atoms with Crippen LogP contribution in [0.4, 0.5) is 35.1 Å². The van der Waals surface area contributed by atoms with E-state index < -0.39 is 51.1 Å². The summed E-state index contributed by atoms with van der Waals surface area (Å²) in [6.07, 6.45) is -5.71. The second-order valence-electron chi connectivity index (χ2n) is 10.6. The lowest BCUT2D eigenvalue weighted by atomic mass is 9.98. The average molecular weight is 671 g/mol. The quantitative estimate of drug-likeness (QED) is 0.257.